The second-order valence-corrected chi connectivity index (χ2v) is 10.4. The lowest BCUT2D eigenvalue weighted by Crippen LogP contribution is -2.43. The van der Waals surface area contributed by atoms with Crippen LogP contribution in [0.3, 0.4) is 0 Å². The van der Waals surface area contributed by atoms with Crippen molar-refractivity contribution in [3.8, 4) is 23.1 Å². The third-order valence-electron chi connectivity index (χ3n) is 6.91. The first-order valence-corrected chi connectivity index (χ1v) is 13.5. The number of fused-ring (bicyclic) bond motifs is 1. The summed E-state index contributed by atoms with van der Waals surface area (Å²) in [6.45, 7) is 4.23. The first-order valence-electron chi connectivity index (χ1n) is 13.2. The molecule has 1 amide bonds. The monoisotopic (exact) mass is 568 g/mol. The van der Waals surface area contributed by atoms with E-state index < -0.39 is 6.23 Å². The van der Waals surface area contributed by atoms with Crippen molar-refractivity contribution in [2.45, 2.75) is 38.1 Å². The zero-order valence-electron chi connectivity index (χ0n) is 22.6. The molecule has 0 saturated carbocycles. The zero-order valence-corrected chi connectivity index (χ0v) is 23.4. The first kappa shape index (κ1) is 27.9. The number of amides is 1. The second kappa shape index (κ2) is 12.3. The lowest BCUT2D eigenvalue weighted by Gasteiger charge is -2.29. The molecule has 2 atom stereocenters. The molecule has 4 N–H and O–H groups in total. The predicted octanol–water partition coefficient (Wildman–Crippen LogP) is 3.86. The lowest BCUT2D eigenvalue weighted by molar-refractivity contribution is 0.0916. The fourth-order valence-electron chi connectivity index (χ4n) is 4.69. The lowest BCUT2D eigenvalue weighted by atomic mass is 10.0. The number of halogens is 1. The molecule has 2 aromatic carbocycles. The molecule has 12 heteroatoms. The number of anilines is 2. The van der Waals surface area contributed by atoms with Gasteiger partial charge in [0, 0.05) is 17.6 Å². The Hall–Kier alpha value is -3.64. The minimum atomic E-state index is -0.999. The van der Waals surface area contributed by atoms with Crippen LogP contribution < -0.4 is 30.2 Å². The largest absolute Gasteiger partial charge is 0.495 e. The SMILES string of the molecule is COc1cc(C(=O)NC2CCN(C)CC2)ccc1Nc1ncc(Cl)c(Oc2cccc3c2C(O)N[C@@H](C)CO3)n1. The number of nitrogens with zero attached hydrogens (tertiary/aromatic N) is 3. The molecule has 3 aromatic rings. The summed E-state index contributed by atoms with van der Waals surface area (Å²) in [5, 5.41) is 20.2. The Morgan fingerprint density at radius 2 is 2.02 bits per heavy atom. The topological polar surface area (TPSA) is 130 Å². The van der Waals surface area contributed by atoms with Gasteiger partial charge in [0.15, 0.2) is 0 Å². The van der Waals surface area contributed by atoms with E-state index in [-0.39, 0.29) is 34.8 Å². The van der Waals surface area contributed by atoms with Crippen LogP contribution in [0.15, 0.2) is 42.6 Å². The zero-order chi connectivity index (χ0) is 28.2. The van der Waals surface area contributed by atoms with Gasteiger partial charge in [0.2, 0.25) is 11.8 Å². The summed E-state index contributed by atoms with van der Waals surface area (Å²) >= 11 is 6.37. The van der Waals surface area contributed by atoms with Crippen LogP contribution in [-0.4, -0.2) is 71.8 Å². The molecular formula is C28H33ClN6O5. The molecular weight excluding hydrogens is 536 g/mol. The minimum absolute atomic E-state index is 0.0598. The van der Waals surface area contributed by atoms with E-state index in [4.69, 9.17) is 25.8 Å². The van der Waals surface area contributed by atoms with Crippen molar-refractivity contribution in [2.75, 3.05) is 39.2 Å². The Labute approximate surface area is 237 Å². The molecule has 0 aliphatic carbocycles. The highest BCUT2D eigenvalue weighted by Gasteiger charge is 2.26. The van der Waals surface area contributed by atoms with E-state index in [9.17, 15) is 9.90 Å². The highest BCUT2D eigenvalue weighted by molar-refractivity contribution is 6.31. The number of benzene rings is 2. The average Bonchev–Trinajstić information content (AvgIpc) is 3.09. The Morgan fingerprint density at radius 1 is 1.23 bits per heavy atom. The molecule has 2 aliphatic heterocycles. The number of methoxy groups -OCH3 is 1. The Kier molecular flexibility index (Phi) is 8.55. The van der Waals surface area contributed by atoms with Crippen LogP contribution in [-0.2, 0) is 0 Å². The van der Waals surface area contributed by atoms with Gasteiger partial charge in [-0.05, 0) is 70.2 Å². The Morgan fingerprint density at radius 3 is 2.80 bits per heavy atom. The van der Waals surface area contributed by atoms with Crippen molar-refractivity contribution in [3.05, 3.63) is 58.7 Å². The average molecular weight is 569 g/mol. The van der Waals surface area contributed by atoms with E-state index in [2.05, 4.69) is 37.9 Å². The highest BCUT2D eigenvalue weighted by atomic mass is 35.5. The van der Waals surface area contributed by atoms with Crippen molar-refractivity contribution in [3.63, 3.8) is 0 Å². The van der Waals surface area contributed by atoms with Gasteiger partial charge in [-0.3, -0.25) is 10.1 Å². The van der Waals surface area contributed by atoms with Gasteiger partial charge < -0.3 is 34.9 Å². The second-order valence-electron chi connectivity index (χ2n) is 9.99. The quantitative estimate of drug-likeness (QED) is 0.333. The number of aromatic nitrogens is 2. The van der Waals surface area contributed by atoms with Crippen LogP contribution in [0.1, 0.15) is 41.9 Å². The van der Waals surface area contributed by atoms with Crippen LogP contribution >= 0.6 is 11.6 Å². The summed E-state index contributed by atoms with van der Waals surface area (Å²) in [6, 6.07) is 10.5. The van der Waals surface area contributed by atoms with Crippen LogP contribution in [0.2, 0.25) is 5.02 Å². The van der Waals surface area contributed by atoms with Crippen molar-refractivity contribution in [1.82, 2.24) is 25.5 Å². The maximum absolute atomic E-state index is 12.9. The van der Waals surface area contributed by atoms with Crippen molar-refractivity contribution < 1.29 is 24.1 Å². The number of nitrogens with one attached hydrogen (secondary N) is 3. The summed E-state index contributed by atoms with van der Waals surface area (Å²) in [5.41, 5.74) is 1.50. The Balaban J connectivity index is 1.33. The van der Waals surface area contributed by atoms with Crippen LogP contribution in [0.25, 0.3) is 0 Å². The van der Waals surface area contributed by atoms with E-state index in [1.54, 1.807) is 36.4 Å². The molecule has 11 nitrogen and oxygen atoms in total. The predicted molar refractivity (Wildman–Crippen MR) is 151 cm³/mol. The first-order chi connectivity index (χ1) is 19.3. The summed E-state index contributed by atoms with van der Waals surface area (Å²) in [5.74, 6) is 1.45. The summed E-state index contributed by atoms with van der Waals surface area (Å²) in [6.07, 6.45) is 2.26. The molecule has 1 fully saturated rings. The number of piperidine rings is 1. The molecule has 2 aliphatic rings. The standard InChI is InChI=1S/C28H33ClN6O5/c1-16-15-39-21-5-4-6-22(24(21)26(37)31-16)40-27-19(29)14-30-28(34-27)33-20-8-7-17(13-23(20)38-3)25(36)32-18-9-11-35(2)12-10-18/h4-8,13-14,16,18,26,31,37H,9-12,15H2,1-3H3,(H,32,36)(H,30,33,34)/t16-,26?/m0/s1. The van der Waals surface area contributed by atoms with Crippen molar-refractivity contribution in [2.24, 2.45) is 0 Å². The number of aliphatic hydroxyl groups excluding tert-OH is 1. The minimum Gasteiger partial charge on any atom is -0.495 e. The fourth-order valence-corrected chi connectivity index (χ4v) is 4.82. The van der Waals surface area contributed by atoms with Gasteiger partial charge in [0.05, 0.1) is 24.6 Å². The van der Waals surface area contributed by atoms with Gasteiger partial charge in [0.25, 0.3) is 5.91 Å². The number of rotatable bonds is 7. The van der Waals surface area contributed by atoms with Gasteiger partial charge >= 0.3 is 0 Å². The number of ether oxygens (including phenoxy) is 3. The number of likely N-dealkylation sites (tertiary alicyclic amines) is 1. The molecule has 40 heavy (non-hydrogen) atoms. The van der Waals surface area contributed by atoms with E-state index in [1.807, 2.05) is 6.92 Å². The summed E-state index contributed by atoms with van der Waals surface area (Å²) < 4.78 is 17.4. The number of carbonyl (C=O) groups excluding carboxylic acids is 1. The molecule has 212 valence electrons. The van der Waals surface area contributed by atoms with Gasteiger partial charge in [-0.25, -0.2) is 4.98 Å². The smallest absolute Gasteiger partial charge is 0.251 e. The van der Waals surface area contributed by atoms with E-state index in [1.165, 1.54) is 13.3 Å². The number of hydrogen-bond donors (Lipinski definition) is 4. The van der Waals surface area contributed by atoms with Crippen LogP contribution in [0.4, 0.5) is 11.6 Å². The summed E-state index contributed by atoms with van der Waals surface area (Å²) in [7, 11) is 3.61. The van der Waals surface area contributed by atoms with Crippen LogP contribution in [0.5, 0.6) is 23.1 Å². The molecule has 1 aromatic heterocycles. The van der Waals surface area contributed by atoms with Gasteiger partial charge in [-0.15, -0.1) is 0 Å². The molecule has 0 bridgehead atoms. The number of carbonyl (C=O) groups is 1. The molecule has 5 rings (SSSR count). The van der Waals surface area contributed by atoms with Gasteiger partial charge in [0.1, 0.15) is 35.1 Å². The molecule has 3 heterocycles. The molecule has 0 spiro atoms. The fraction of sp³-hybridized carbons (Fsp3) is 0.393. The van der Waals surface area contributed by atoms with Gasteiger partial charge in [-0.2, -0.15) is 4.98 Å². The maximum atomic E-state index is 12.9. The van der Waals surface area contributed by atoms with Crippen molar-refractivity contribution in [1.29, 1.82) is 0 Å². The third-order valence-corrected chi connectivity index (χ3v) is 7.17. The summed E-state index contributed by atoms with van der Waals surface area (Å²) in [4.78, 5) is 23.8. The molecule has 0 radical (unpaired) electrons. The van der Waals surface area contributed by atoms with E-state index in [0.717, 1.165) is 25.9 Å². The number of hydrogen-bond acceptors (Lipinski definition) is 10. The van der Waals surface area contributed by atoms with E-state index in [0.29, 0.717) is 40.7 Å². The normalized spacial score (nSPS) is 19.6. The molecule has 1 saturated heterocycles. The number of aliphatic hydroxyl groups is 1. The maximum Gasteiger partial charge on any atom is 0.251 e. The van der Waals surface area contributed by atoms with Crippen LogP contribution in [0, 0.1) is 0 Å². The van der Waals surface area contributed by atoms with E-state index >= 15 is 0 Å². The Bertz CT molecular complexity index is 1370. The highest BCUT2D eigenvalue weighted by Crippen LogP contribution is 2.39. The van der Waals surface area contributed by atoms with Gasteiger partial charge in [-0.1, -0.05) is 17.7 Å². The third kappa shape index (κ3) is 6.39. The van der Waals surface area contributed by atoms with Crippen molar-refractivity contribution >= 4 is 29.1 Å². The molecule has 1 unspecified atom stereocenters.